The summed E-state index contributed by atoms with van der Waals surface area (Å²) >= 11 is 11.7. The highest BCUT2D eigenvalue weighted by Gasteiger charge is 2.15. The van der Waals surface area contributed by atoms with Crippen LogP contribution in [0.2, 0.25) is 10.0 Å². The monoisotopic (exact) mass is 315 g/mol. The molecule has 2 nitrogen and oxygen atoms in total. The average Bonchev–Trinajstić information content (AvgIpc) is 2.33. The van der Waals surface area contributed by atoms with E-state index >= 15 is 0 Å². The number of benzene rings is 2. The molecule has 0 heterocycles. The van der Waals surface area contributed by atoms with Crippen molar-refractivity contribution in [1.29, 1.82) is 0 Å². The van der Waals surface area contributed by atoms with Gasteiger partial charge in [-0.3, -0.25) is 4.79 Å². The summed E-state index contributed by atoms with van der Waals surface area (Å²) in [6.45, 7) is 1.60. The lowest BCUT2D eigenvalue weighted by atomic mass is 10.1. The fourth-order valence-electron chi connectivity index (χ4n) is 1.72. The summed E-state index contributed by atoms with van der Waals surface area (Å²) in [5.41, 5.74) is 0.864. The van der Waals surface area contributed by atoms with Crippen LogP contribution in [0.5, 0.6) is 0 Å². The van der Waals surface area contributed by atoms with Gasteiger partial charge in [-0.15, -0.1) is 0 Å². The summed E-state index contributed by atoms with van der Waals surface area (Å²) in [5.74, 6) is -1.54. The first kappa shape index (κ1) is 14.8. The molecule has 0 bridgehead atoms. The topological polar surface area (TPSA) is 29.1 Å². The fourth-order valence-corrected chi connectivity index (χ4v) is 2.28. The van der Waals surface area contributed by atoms with Crippen molar-refractivity contribution in [3.05, 3.63) is 63.1 Å². The van der Waals surface area contributed by atoms with Crippen molar-refractivity contribution in [2.24, 2.45) is 0 Å². The first-order valence-electron chi connectivity index (χ1n) is 5.60. The molecule has 0 radical (unpaired) electrons. The van der Waals surface area contributed by atoms with Crippen LogP contribution in [0.25, 0.3) is 0 Å². The predicted octanol–water partition coefficient (Wildman–Crippen LogP) is 4.83. The molecule has 0 fully saturated rings. The predicted molar refractivity (Wildman–Crippen MR) is 75.5 cm³/mol. The minimum atomic E-state index is -0.601. The Morgan fingerprint density at radius 2 is 1.65 bits per heavy atom. The van der Waals surface area contributed by atoms with Crippen LogP contribution in [0, 0.1) is 18.6 Å². The van der Waals surface area contributed by atoms with E-state index < -0.39 is 17.5 Å². The Hall–Kier alpha value is -1.65. The Kier molecular flexibility index (Phi) is 4.26. The molecule has 104 valence electrons. The van der Waals surface area contributed by atoms with Crippen molar-refractivity contribution in [3.8, 4) is 0 Å². The molecule has 0 spiro atoms. The van der Waals surface area contributed by atoms with Crippen LogP contribution in [0.4, 0.5) is 14.5 Å². The molecule has 2 aromatic carbocycles. The number of nitrogens with one attached hydrogen (secondary N) is 1. The quantitative estimate of drug-likeness (QED) is 0.844. The highest BCUT2D eigenvalue weighted by molar-refractivity contribution is 6.40. The first-order valence-corrected chi connectivity index (χ1v) is 6.36. The molecule has 0 saturated heterocycles. The number of halogens is 4. The molecule has 0 aliphatic carbocycles. The Morgan fingerprint density at radius 1 is 1.05 bits per heavy atom. The lowest BCUT2D eigenvalue weighted by Gasteiger charge is -2.11. The molecule has 0 aliphatic heterocycles. The van der Waals surface area contributed by atoms with E-state index in [1.54, 1.807) is 6.92 Å². The zero-order valence-corrected chi connectivity index (χ0v) is 11.8. The van der Waals surface area contributed by atoms with Crippen LogP contribution < -0.4 is 5.32 Å². The summed E-state index contributed by atoms with van der Waals surface area (Å²) in [7, 11) is 0. The summed E-state index contributed by atoms with van der Waals surface area (Å²) in [6.07, 6.45) is 0. The zero-order chi connectivity index (χ0) is 14.9. The van der Waals surface area contributed by atoms with Crippen molar-refractivity contribution in [3.63, 3.8) is 0 Å². The molecule has 0 saturated carbocycles. The van der Waals surface area contributed by atoms with Crippen LogP contribution in [-0.2, 0) is 0 Å². The SMILES string of the molecule is Cc1cc(F)ccc1C(=O)Nc1c(Cl)cc(F)cc1Cl. The number of carbonyl (C=O) groups is 1. The molecule has 0 atom stereocenters. The smallest absolute Gasteiger partial charge is 0.256 e. The second kappa shape index (κ2) is 5.77. The van der Waals surface area contributed by atoms with Crippen LogP contribution in [0.1, 0.15) is 15.9 Å². The summed E-state index contributed by atoms with van der Waals surface area (Å²) in [5, 5.41) is 2.47. The number of aryl methyl sites for hydroxylation is 1. The Morgan fingerprint density at radius 3 is 2.20 bits per heavy atom. The van der Waals surface area contributed by atoms with Crippen molar-refractivity contribution in [2.45, 2.75) is 6.92 Å². The second-order valence-electron chi connectivity index (χ2n) is 4.16. The minimum Gasteiger partial charge on any atom is -0.319 e. The van der Waals surface area contributed by atoms with E-state index in [1.165, 1.54) is 18.2 Å². The van der Waals surface area contributed by atoms with Gasteiger partial charge in [-0.2, -0.15) is 0 Å². The summed E-state index contributed by atoms with van der Waals surface area (Å²) in [4.78, 5) is 12.1. The number of rotatable bonds is 2. The molecule has 2 rings (SSSR count). The van der Waals surface area contributed by atoms with Crippen molar-refractivity contribution < 1.29 is 13.6 Å². The Labute approximate surface area is 124 Å². The highest BCUT2D eigenvalue weighted by atomic mass is 35.5. The molecule has 6 heteroatoms. The van der Waals surface area contributed by atoms with E-state index in [1.807, 2.05) is 0 Å². The maximum absolute atomic E-state index is 13.1. The van der Waals surface area contributed by atoms with Gasteiger partial charge in [0.15, 0.2) is 0 Å². The van der Waals surface area contributed by atoms with Gasteiger partial charge < -0.3 is 5.32 Å². The Balaban J connectivity index is 2.33. The van der Waals surface area contributed by atoms with Gasteiger partial charge in [0.2, 0.25) is 0 Å². The number of hydrogen-bond donors (Lipinski definition) is 1. The maximum Gasteiger partial charge on any atom is 0.256 e. The average molecular weight is 316 g/mol. The minimum absolute atomic E-state index is 0.0110. The van der Waals surface area contributed by atoms with E-state index in [0.717, 1.165) is 12.1 Å². The second-order valence-corrected chi connectivity index (χ2v) is 4.97. The molecule has 0 unspecified atom stereocenters. The third-order valence-corrected chi connectivity index (χ3v) is 3.27. The van der Waals surface area contributed by atoms with Gasteiger partial charge in [0.1, 0.15) is 11.6 Å². The summed E-state index contributed by atoms with van der Waals surface area (Å²) < 4.78 is 26.0. The van der Waals surface area contributed by atoms with E-state index in [2.05, 4.69) is 5.32 Å². The lowest BCUT2D eigenvalue weighted by molar-refractivity contribution is 0.102. The van der Waals surface area contributed by atoms with Crippen molar-refractivity contribution in [2.75, 3.05) is 5.32 Å². The summed E-state index contributed by atoms with van der Waals surface area (Å²) in [6, 6.07) is 5.85. The van der Waals surface area contributed by atoms with Gasteiger partial charge in [0.25, 0.3) is 5.91 Å². The van der Waals surface area contributed by atoms with Gasteiger partial charge in [-0.1, -0.05) is 23.2 Å². The van der Waals surface area contributed by atoms with Crippen LogP contribution in [0.15, 0.2) is 30.3 Å². The molecule has 0 aromatic heterocycles. The fraction of sp³-hybridized carbons (Fsp3) is 0.0714. The molecular formula is C14H9Cl2F2NO. The molecule has 0 aliphatic rings. The molecular weight excluding hydrogens is 307 g/mol. The highest BCUT2D eigenvalue weighted by Crippen LogP contribution is 2.31. The van der Waals surface area contributed by atoms with E-state index in [9.17, 15) is 13.6 Å². The third kappa shape index (κ3) is 3.08. The van der Waals surface area contributed by atoms with Crippen molar-refractivity contribution in [1.82, 2.24) is 0 Å². The zero-order valence-electron chi connectivity index (χ0n) is 10.3. The van der Waals surface area contributed by atoms with Crippen molar-refractivity contribution >= 4 is 34.8 Å². The third-order valence-electron chi connectivity index (χ3n) is 2.68. The molecule has 1 N–H and O–H groups in total. The number of hydrogen-bond acceptors (Lipinski definition) is 1. The van der Waals surface area contributed by atoms with E-state index in [-0.39, 0.29) is 21.3 Å². The standard InChI is InChI=1S/C14H9Cl2F2NO/c1-7-4-8(17)2-3-10(7)14(20)19-13-11(15)5-9(18)6-12(13)16/h2-6H,1H3,(H,19,20). The van der Waals surface area contributed by atoms with Gasteiger partial charge >= 0.3 is 0 Å². The largest absolute Gasteiger partial charge is 0.319 e. The van der Waals surface area contributed by atoms with Gasteiger partial charge in [0.05, 0.1) is 15.7 Å². The van der Waals surface area contributed by atoms with Crippen LogP contribution in [-0.4, -0.2) is 5.91 Å². The van der Waals surface area contributed by atoms with E-state index in [0.29, 0.717) is 5.56 Å². The lowest BCUT2D eigenvalue weighted by Crippen LogP contribution is -2.14. The number of anilines is 1. The van der Waals surface area contributed by atoms with Gasteiger partial charge in [-0.05, 0) is 42.8 Å². The molecule has 2 aromatic rings. The first-order chi connectivity index (χ1) is 9.38. The maximum atomic E-state index is 13.1. The molecule has 1 amide bonds. The van der Waals surface area contributed by atoms with Gasteiger partial charge in [0, 0.05) is 5.56 Å². The molecule has 20 heavy (non-hydrogen) atoms. The number of carbonyl (C=O) groups excluding carboxylic acids is 1. The van der Waals surface area contributed by atoms with E-state index in [4.69, 9.17) is 23.2 Å². The number of amides is 1. The normalized spacial score (nSPS) is 10.4. The van der Waals surface area contributed by atoms with Gasteiger partial charge in [-0.25, -0.2) is 8.78 Å². The van der Waals surface area contributed by atoms with Crippen LogP contribution >= 0.6 is 23.2 Å². The Bertz CT molecular complexity index is 666. The van der Waals surface area contributed by atoms with Crippen LogP contribution in [0.3, 0.4) is 0 Å².